The minimum Gasteiger partial charge on any atom is -0.494 e. The van der Waals surface area contributed by atoms with Gasteiger partial charge in [0.05, 0.1) is 35.8 Å². The van der Waals surface area contributed by atoms with Crippen molar-refractivity contribution in [3.05, 3.63) is 53.7 Å². The van der Waals surface area contributed by atoms with Crippen molar-refractivity contribution in [3.63, 3.8) is 0 Å². The molecule has 0 atom stereocenters. The van der Waals surface area contributed by atoms with Crippen molar-refractivity contribution in [3.8, 4) is 34.5 Å². The summed E-state index contributed by atoms with van der Waals surface area (Å²) in [6.45, 7) is 1.31. The monoisotopic (exact) mass is 516 g/mol. The predicted molar refractivity (Wildman–Crippen MR) is 137 cm³/mol. The van der Waals surface area contributed by atoms with Gasteiger partial charge in [0, 0.05) is 45.6 Å². The topological polar surface area (TPSA) is 126 Å². The Kier molecular flexibility index (Phi) is 6.89. The molecule has 4 aromatic rings. The number of amides is 1. The maximum Gasteiger partial charge on any atom is 0.255 e. The molecule has 1 N–H and O–H groups in total. The molecule has 1 amide bonds. The van der Waals surface area contributed by atoms with Crippen molar-refractivity contribution in [1.82, 2.24) is 19.9 Å². The molecular weight excluding hydrogens is 491 g/mol. The summed E-state index contributed by atoms with van der Waals surface area (Å²) in [6.07, 6.45) is 4.15. The number of ether oxygens (including phenoxy) is 2. The largest absolute Gasteiger partial charge is 0.494 e. The molecule has 0 bridgehead atoms. The Morgan fingerprint density at radius 3 is 2.71 bits per heavy atom. The summed E-state index contributed by atoms with van der Waals surface area (Å²) < 4.78 is 32.0. The molecule has 1 fully saturated rings. The standard InChI is InChI=1S/C27H25FN6O4/c1-34(2)27(35)15-10-22(36-3)25(31-13-15)23-11-20-26(38-23)24(17(28)14-30-20)19-5-4-18(21(12-29)33-19)32-16-6-8-37-9-7-16/h4-5,10-11,13-14,16,32H,6-9H2,1-3H3. The first-order valence-corrected chi connectivity index (χ1v) is 12.0. The number of nitriles is 1. The number of pyridine rings is 3. The van der Waals surface area contributed by atoms with E-state index in [0.717, 1.165) is 19.0 Å². The van der Waals surface area contributed by atoms with Crippen molar-refractivity contribution in [2.75, 3.05) is 39.7 Å². The summed E-state index contributed by atoms with van der Waals surface area (Å²) in [5.74, 6) is -0.288. The maximum atomic E-state index is 15.1. The summed E-state index contributed by atoms with van der Waals surface area (Å²) in [7, 11) is 4.74. The summed E-state index contributed by atoms with van der Waals surface area (Å²) >= 11 is 0. The number of aromatic nitrogens is 3. The van der Waals surface area contributed by atoms with Crippen molar-refractivity contribution >= 4 is 22.7 Å². The van der Waals surface area contributed by atoms with Gasteiger partial charge in [-0.2, -0.15) is 5.26 Å². The molecule has 1 aliphatic rings. The molecule has 1 saturated heterocycles. The first-order chi connectivity index (χ1) is 18.4. The summed E-state index contributed by atoms with van der Waals surface area (Å²) in [4.78, 5) is 26.7. The van der Waals surface area contributed by atoms with Crippen molar-refractivity contribution < 1.29 is 23.1 Å². The molecule has 0 spiro atoms. The van der Waals surface area contributed by atoms with E-state index in [2.05, 4.69) is 26.3 Å². The van der Waals surface area contributed by atoms with E-state index in [1.54, 1.807) is 38.4 Å². The molecule has 4 aromatic heterocycles. The van der Waals surface area contributed by atoms with Gasteiger partial charge in [-0.1, -0.05) is 0 Å². The second-order valence-corrected chi connectivity index (χ2v) is 9.02. The average molecular weight is 517 g/mol. The molecule has 0 radical (unpaired) electrons. The van der Waals surface area contributed by atoms with Gasteiger partial charge in [0.15, 0.2) is 22.9 Å². The third kappa shape index (κ3) is 4.73. The molecule has 1 aliphatic heterocycles. The number of carbonyl (C=O) groups is 1. The molecular formula is C27H25FN6O4. The zero-order valence-electron chi connectivity index (χ0n) is 21.1. The number of furan rings is 1. The van der Waals surface area contributed by atoms with Gasteiger partial charge < -0.3 is 24.1 Å². The second kappa shape index (κ2) is 10.4. The van der Waals surface area contributed by atoms with Gasteiger partial charge in [-0.25, -0.2) is 19.3 Å². The number of fused-ring (bicyclic) bond motifs is 1. The first kappa shape index (κ1) is 25.1. The molecule has 194 valence electrons. The Bertz CT molecular complexity index is 1560. The molecule has 10 nitrogen and oxygen atoms in total. The number of carbonyl (C=O) groups excluding carboxylic acids is 1. The lowest BCUT2D eigenvalue weighted by Gasteiger charge is -2.24. The van der Waals surface area contributed by atoms with Crippen LogP contribution in [0.2, 0.25) is 0 Å². The highest BCUT2D eigenvalue weighted by molar-refractivity contribution is 5.95. The Labute approximate surface area is 218 Å². The van der Waals surface area contributed by atoms with Crippen LogP contribution in [0.3, 0.4) is 0 Å². The van der Waals surface area contributed by atoms with Crippen LogP contribution in [0.5, 0.6) is 5.75 Å². The fourth-order valence-corrected chi connectivity index (χ4v) is 4.33. The highest BCUT2D eigenvalue weighted by Crippen LogP contribution is 2.37. The van der Waals surface area contributed by atoms with E-state index in [9.17, 15) is 10.1 Å². The molecule has 38 heavy (non-hydrogen) atoms. The summed E-state index contributed by atoms with van der Waals surface area (Å²) in [5.41, 5.74) is 2.24. The lowest BCUT2D eigenvalue weighted by atomic mass is 10.1. The first-order valence-electron chi connectivity index (χ1n) is 12.0. The van der Waals surface area contributed by atoms with Crippen molar-refractivity contribution in [2.45, 2.75) is 18.9 Å². The number of methoxy groups -OCH3 is 1. The van der Waals surface area contributed by atoms with Crippen LogP contribution >= 0.6 is 0 Å². The number of rotatable bonds is 6. The Balaban J connectivity index is 1.55. The minimum atomic E-state index is -0.646. The van der Waals surface area contributed by atoms with E-state index in [4.69, 9.17) is 13.9 Å². The fourth-order valence-electron chi connectivity index (χ4n) is 4.33. The number of nitrogens with zero attached hydrogens (tertiary/aromatic N) is 5. The van der Waals surface area contributed by atoms with Gasteiger partial charge in [0.1, 0.15) is 23.0 Å². The smallest absolute Gasteiger partial charge is 0.255 e. The van der Waals surface area contributed by atoms with Crippen LogP contribution in [0.25, 0.3) is 33.8 Å². The van der Waals surface area contributed by atoms with Crippen molar-refractivity contribution in [2.24, 2.45) is 0 Å². The van der Waals surface area contributed by atoms with Gasteiger partial charge >= 0.3 is 0 Å². The van der Waals surface area contributed by atoms with Crippen LogP contribution in [0, 0.1) is 17.1 Å². The zero-order chi connectivity index (χ0) is 26.8. The van der Waals surface area contributed by atoms with Crippen LogP contribution in [-0.2, 0) is 4.74 Å². The fraction of sp³-hybridized carbons (Fsp3) is 0.296. The SMILES string of the molecule is COc1cc(C(=O)N(C)C)cnc1-c1cc2ncc(F)c(-c3ccc(NC4CCOCC4)c(C#N)n3)c2o1. The third-order valence-electron chi connectivity index (χ3n) is 6.29. The lowest BCUT2D eigenvalue weighted by molar-refractivity contribution is 0.0826. The maximum absolute atomic E-state index is 15.1. The molecule has 0 aromatic carbocycles. The second-order valence-electron chi connectivity index (χ2n) is 9.02. The van der Waals surface area contributed by atoms with Crippen LogP contribution < -0.4 is 10.1 Å². The Hall–Kier alpha value is -4.56. The summed E-state index contributed by atoms with van der Waals surface area (Å²) in [5, 5.41) is 13.1. The Morgan fingerprint density at radius 1 is 1.21 bits per heavy atom. The average Bonchev–Trinajstić information content (AvgIpc) is 3.37. The van der Waals surface area contributed by atoms with Gasteiger partial charge in [-0.05, 0) is 31.0 Å². The van der Waals surface area contributed by atoms with E-state index < -0.39 is 5.82 Å². The number of hydrogen-bond donors (Lipinski definition) is 1. The minimum absolute atomic E-state index is 0.0775. The highest BCUT2D eigenvalue weighted by Gasteiger charge is 2.23. The summed E-state index contributed by atoms with van der Waals surface area (Å²) in [6, 6.07) is 8.81. The molecule has 0 aliphatic carbocycles. The lowest BCUT2D eigenvalue weighted by Crippen LogP contribution is -2.28. The molecule has 5 heterocycles. The number of nitrogens with one attached hydrogen (secondary N) is 1. The van der Waals surface area contributed by atoms with Crippen LogP contribution in [0.4, 0.5) is 10.1 Å². The molecule has 0 unspecified atom stereocenters. The number of hydrogen-bond acceptors (Lipinski definition) is 9. The third-order valence-corrected chi connectivity index (χ3v) is 6.29. The van der Waals surface area contributed by atoms with E-state index in [-0.39, 0.29) is 40.2 Å². The number of anilines is 1. The van der Waals surface area contributed by atoms with Crippen LogP contribution in [-0.4, -0.2) is 66.2 Å². The van der Waals surface area contributed by atoms with Gasteiger partial charge in [-0.15, -0.1) is 0 Å². The van der Waals surface area contributed by atoms with Gasteiger partial charge in [0.25, 0.3) is 5.91 Å². The van der Waals surface area contributed by atoms with Crippen molar-refractivity contribution in [1.29, 1.82) is 5.26 Å². The Morgan fingerprint density at radius 2 is 2.00 bits per heavy atom. The van der Waals surface area contributed by atoms with Gasteiger partial charge in [0.2, 0.25) is 0 Å². The van der Waals surface area contributed by atoms with E-state index in [0.29, 0.717) is 41.4 Å². The quantitative estimate of drug-likeness (QED) is 0.400. The van der Waals surface area contributed by atoms with Crippen LogP contribution in [0.15, 0.2) is 41.1 Å². The van der Waals surface area contributed by atoms with Crippen LogP contribution in [0.1, 0.15) is 28.9 Å². The molecule has 0 saturated carbocycles. The van der Waals surface area contributed by atoms with E-state index in [1.165, 1.54) is 18.2 Å². The van der Waals surface area contributed by atoms with Gasteiger partial charge in [-0.3, -0.25) is 4.79 Å². The highest BCUT2D eigenvalue weighted by atomic mass is 19.1. The molecule has 11 heteroatoms. The molecule has 5 rings (SSSR count). The predicted octanol–water partition coefficient (Wildman–Crippen LogP) is 4.26. The number of halogens is 1. The van der Waals surface area contributed by atoms with E-state index >= 15 is 4.39 Å². The normalized spacial score (nSPS) is 13.8. The zero-order valence-corrected chi connectivity index (χ0v) is 21.1. The van der Waals surface area contributed by atoms with E-state index in [1.807, 2.05) is 0 Å².